The van der Waals surface area contributed by atoms with Crippen molar-refractivity contribution in [3.63, 3.8) is 0 Å². The van der Waals surface area contributed by atoms with Crippen LogP contribution in [0.15, 0.2) is 0 Å². The average molecular weight is 935 g/mol. The molecule has 317 valence electrons. The summed E-state index contributed by atoms with van der Waals surface area (Å²) < 4.78 is 0. The van der Waals surface area contributed by atoms with E-state index < -0.39 is 87.6 Å². The fraction of sp³-hybridized carbons (Fsp3) is 1.00. The van der Waals surface area contributed by atoms with E-state index in [0.29, 0.717) is 30.2 Å². The Balaban J connectivity index is 10.4. The molecule has 12 heteroatoms. The maximum absolute atomic E-state index is 3.27. The quantitative estimate of drug-likeness (QED) is 0.192. The molecule has 0 aliphatic heterocycles. The number of hydrogen-bond donors (Lipinski definition) is 0. The summed E-state index contributed by atoms with van der Waals surface area (Å²) in [7, 11) is -11.7. The van der Waals surface area contributed by atoms with Gasteiger partial charge in [-0.3, -0.25) is 0 Å². The van der Waals surface area contributed by atoms with Crippen LogP contribution in [0.2, 0.25) is 142 Å². The highest BCUT2D eigenvalue weighted by atomic mass is 30.3. The Kier molecular flexibility index (Phi) is 15.9. The molecular weight excluding hydrogens is 829 g/mol. The Bertz CT molecular complexity index is 1260. The van der Waals surface area contributed by atoms with Gasteiger partial charge < -0.3 is 0 Å². The summed E-state index contributed by atoms with van der Waals surface area (Å²) in [6.45, 7) is 95.6. The molecule has 0 atom stereocenters. The summed E-state index contributed by atoms with van der Waals surface area (Å²) in [6, 6.07) is 0. The lowest BCUT2D eigenvalue weighted by atomic mass is 10.2. The summed E-state index contributed by atoms with van der Waals surface area (Å²) in [5, 5.41) is 2.62. The van der Waals surface area contributed by atoms with E-state index in [1.54, 1.807) is 0 Å². The monoisotopic (exact) mass is 934 g/mol. The molecule has 0 nitrogen and oxygen atoms in total. The molecule has 0 bridgehead atoms. The zero-order valence-electron chi connectivity index (χ0n) is 44.0. The zero-order chi connectivity index (χ0) is 44.2. The fourth-order valence-electron chi connectivity index (χ4n) is 10.9. The second-order valence-electron chi connectivity index (χ2n) is 28.2. The van der Waals surface area contributed by atoms with Crippen molar-refractivity contribution in [3.8, 4) is 0 Å². The molecule has 0 heterocycles. The molecule has 1 radical (unpaired) electrons. The first-order valence-corrected chi connectivity index (χ1v) is 63.8. The van der Waals surface area contributed by atoms with Crippen molar-refractivity contribution in [2.45, 2.75) is 266 Å². The highest BCUT2D eigenvalue weighted by Crippen LogP contribution is 2.57. The highest BCUT2D eigenvalue weighted by Gasteiger charge is 2.73. The first kappa shape index (κ1) is 55.6. The summed E-state index contributed by atoms with van der Waals surface area (Å²) in [6.07, 6.45) is 0. The van der Waals surface area contributed by atoms with E-state index in [9.17, 15) is 0 Å². The van der Waals surface area contributed by atoms with E-state index in [2.05, 4.69) is 236 Å². The molecule has 0 unspecified atom stereocenters. The topological polar surface area (TPSA) is 0 Å². The third-order valence-electron chi connectivity index (χ3n) is 21.5. The van der Waals surface area contributed by atoms with Crippen molar-refractivity contribution in [2.75, 3.05) is 0 Å². The average Bonchev–Trinajstić information content (AvgIpc) is 2.87. The molecule has 0 saturated heterocycles. The van der Waals surface area contributed by atoms with Crippen molar-refractivity contribution in [2.24, 2.45) is 0 Å². The molecule has 53 heavy (non-hydrogen) atoms. The Hall–Kier alpha value is 2.60. The van der Waals surface area contributed by atoms with Crippen LogP contribution in [-0.2, 0) is 0 Å². The first-order valence-electron chi connectivity index (χ1n) is 21.8. The molecule has 0 aliphatic rings. The lowest BCUT2D eigenvalue weighted by Crippen LogP contribution is -2.93. The van der Waals surface area contributed by atoms with E-state index in [4.69, 9.17) is 0 Å². The van der Waals surface area contributed by atoms with Crippen LogP contribution < -0.4 is 0 Å². The highest BCUT2D eigenvalue weighted by molar-refractivity contribution is 8.09. The first-order chi connectivity index (χ1) is 22.2. The van der Waals surface area contributed by atoms with Gasteiger partial charge in [-0.15, -0.1) is 0 Å². The summed E-state index contributed by atoms with van der Waals surface area (Å²) in [5.41, 5.74) is 0. The summed E-state index contributed by atoms with van der Waals surface area (Å²) in [4.78, 5) is 0. The third kappa shape index (κ3) is 8.10. The van der Waals surface area contributed by atoms with Crippen LogP contribution in [0.1, 0.15) is 125 Å². The van der Waals surface area contributed by atoms with E-state index >= 15 is 0 Å². The predicted molar refractivity (Wildman–Crippen MR) is 287 cm³/mol. The Labute approximate surface area is 351 Å². The Morgan fingerprint density at radius 3 is 0.566 bits per heavy atom. The van der Waals surface area contributed by atoms with Gasteiger partial charge in [0.15, 0.2) is 0 Å². The molecule has 0 aromatic rings. The SMILES string of the molecule is C[Si]([Si](=[Si](C)[Si](C)([Si](C)(C)C(C)(C)C)[Si](C)(C)C(C)(C)C)[Si](C)([Si](C)(C)C(C)(C)C)[Si](C)(C)C(C)(C)C)[Si](C)([Si](C)(C)C(C)(C)C)[Si](C)(C)C(C)(C)C. The molecule has 0 spiro atoms. The van der Waals surface area contributed by atoms with Crippen LogP contribution in [0, 0.1) is 0 Å². The number of rotatable bonds is 10. The van der Waals surface area contributed by atoms with Gasteiger partial charge in [-0.2, -0.15) is 0 Å². The zero-order valence-corrected chi connectivity index (χ0v) is 56.0. The van der Waals surface area contributed by atoms with Gasteiger partial charge in [0.05, 0.1) is 0 Å². The predicted octanol–water partition coefficient (Wildman–Crippen LogP) is 15.9. The maximum atomic E-state index is 3.27. The van der Waals surface area contributed by atoms with Crippen molar-refractivity contribution in [1.82, 2.24) is 0 Å². The minimum atomic E-state index is -1.87. The molecule has 0 N–H and O–H groups in total. The third-order valence-corrected chi connectivity index (χ3v) is 288. The molecule has 0 aromatic heterocycles. The Morgan fingerprint density at radius 2 is 0.396 bits per heavy atom. The van der Waals surface area contributed by atoms with Crippen molar-refractivity contribution < 1.29 is 0 Å². The van der Waals surface area contributed by atoms with Gasteiger partial charge in [0, 0.05) is 73.3 Å². The maximum Gasteiger partial charge on any atom is 0.0463 e. The number of hydrogen-bond acceptors (Lipinski definition) is 0. The standard InChI is InChI=1S/C41H105Si12/c1-36(2,3)45(21,22)51(33,46(23,24)37(4,5)6)42(19)44(53(35,49(29,30)40(13,14)15)50(31,32)41(16,17)18)43(20)52(34,47(25,26)38(7,8)9)48(27,28)39(10,11)12/h1-35H3. The van der Waals surface area contributed by atoms with Crippen LogP contribution in [0.5, 0.6) is 0 Å². The summed E-state index contributed by atoms with van der Waals surface area (Å²) >= 11 is 0. The van der Waals surface area contributed by atoms with E-state index in [0.717, 1.165) is 0 Å². The van der Waals surface area contributed by atoms with Crippen molar-refractivity contribution >= 4 is 87.6 Å². The van der Waals surface area contributed by atoms with Gasteiger partial charge in [-0.05, 0) is 44.6 Å². The lowest BCUT2D eigenvalue weighted by Gasteiger charge is -2.68. The smallest absolute Gasteiger partial charge is 0.0463 e. The van der Waals surface area contributed by atoms with Crippen molar-refractivity contribution in [3.05, 3.63) is 0 Å². The van der Waals surface area contributed by atoms with E-state index in [1.165, 1.54) is 0 Å². The van der Waals surface area contributed by atoms with Gasteiger partial charge in [0.25, 0.3) is 0 Å². The normalized spacial score (nSPS) is 17.4. The van der Waals surface area contributed by atoms with Crippen LogP contribution in [0.3, 0.4) is 0 Å². The van der Waals surface area contributed by atoms with Gasteiger partial charge in [0.1, 0.15) is 0 Å². The second-order valence-corrected chi connectivity index (χ2v) is 151. The Morgan fingerprint density at radius 1 is 0.245 bits per heavy atom. The van der Waals surface area contributed by atoms with E-state index in [1.807, 2.05) is 0 Å². The largest absolute Gasteiger partial charge is 0.0748 e. The van der Waals surface area contributed by atoms with Crippen LogP contribution >= 0.6 is 0 Å². The molecule has 0 saturated carbocycles. The van der Waals surface area contributed by atoms with Crippen molar-refractivity contribution in [1.29, 1.82) is 0 Å². The molecule has 0 fully saturated rings. The second kappa shape index (κ2) is 15.2. The van der Waals surface area contributed by atoms with Gasteiger partial charge in [0.2, 0.25) is 0 Å². The van der Waals surface area contributed by atoms with Crippen LogP contribution in [-0.4, -0.2) is 87.6 Å². The minimum absolute atomic E-state index is 0.432. The molecular formula is C41H105Si12. The van der Waals surface area contributed by atoms with Crippen LogP contribution in [0.4, 0.5) is 0 Å². The van der Waals surface area contributed by atoms with Gasteiger partial charge >= 0.3 is 0 Å². The summed E-state index contributed by atoms with van der Waals surface area (Å²) in [5.74, 6) is 0. The minimum Gasteiger partial charge on any atom is -0.0748 e. The molecule has 0 amide bonds. The van der Waals surface area contributed by atoms with Crippen LogP contribution in [0.25, 0.3) is 0 Å². The lowest BCUT2D eigenvalue weighted by molar-refractivity contribution is 0.725. The van der Waals surface area contributed by atoms with Gasteiger partial charge in [-0.1, -0.05) is 236 Å². The molecule has 0 aliphatic carbocycles. The molecule has 0 aromatic carbocycles. The van der Waals surface area contributed by atoms with E-state index in [-0.39, 0.29) is 0 Å². The molecule has 0 rings (SSSR count). The van der Waals surface area contributed by atoms with Gasteiger partial charge in [-0.25, -0.2) is 0 Å². The fourth-order valence-corrected chi connectivity index (χ4v) is 449.